The van der Waals surface area contributed by atoms with Crippen molar-refractivity contribution in [3.63, 3.8) is 0 Å². The van der Waals surface area contributed by atoms with Crippen molar-refractivity contribution in [2.24, 2.45) is 0 Å². The monoisotopic (exact) mass is 422 g/mol. The molecule has 150 valence electrons. The lowest BCUT2D eigenvalue weighted by Crippen LogP contribution is -2.12. The highest BCUT2D eigenvalue weighted by Gasteiger charge is 2.16. The van der Waals surface area contributed by atoms with Gasteiger partial charge in [0.25, 0.3) is 5.91 Å². The third-order valence-corrected chi connectivity index (χ3v) is 4.59. The molecule has 1 amide bonds. The van der Waals surface area contributed by atoms with Crippen LogP contribution in [0.25, 0.3) is 10.8 Å². The SMILES string of the molecule is CNc1nccc(Oc2ccc3c(C(=O)Nc4cccc(Cl)c4)cccc3c2F)n1. The normalized spacial score (nSPS) is 10.6. The van der Waals surface area contributed by atoms with Gasteiger partial charge in [0.2, 0.25) is 11.8 Å². The molecule has 0 fully saturated rings. The third-order valence-electron chi connectivity index (χ3n) is 4.36. The molecule has 2 N–H and O–H groups in total. The fourth-order valence-corrected chi connectivity index (χ4v) is 3.16. The van der Waals surface area contributed by atoms with E-state index in [0.29, 0.717) is 27.6 Å². The average molecular weight is 423 g/mol. The van der Waals surface area contributed by atoms with Crippen LogP contribution in [0.2, 0.25) is 5.02 Å². The summed E-state index contributed by atoms with van der Waals surface area (Å²) in [6.45, 7) is 0. The first kappa shape index (κ1) is 19.6. The second kappa shape index (κ2) is 8.34. The molecule has 0 aliphatic heterocycles. The minimum absolute atomic E-state index is 0.00403. The van der Waals surface area contributed by atoms with Crippen LogP contribution in [0.15, 0.2) is 66.9 Å². The van der Waals surface area contributed by atoms with Gasteiger partial charge in [0, 0.05) is 41.0 Å². The number of carbonyl (C=O) groups excluding carboxylic acids is 1. The summed E-state index contributed by atoms with van der Waals surface area (Å²) in [5, 5.41) is 6.79. The van der Waals surface area contributed by atoms with Crippen molar-refractivity contribution in [1.82, 2.24) is 9.97 Å². The summed E-state index contributed by atoms with van der Waals surface area (Å²) in [5.74, 6) is -0.410. The minimum atomic E-state index is -0.588. The first-order valence-corrected chi connectivity index (χ1v) is 9.40. The molecule has 1 heterocycles. The van der Waals surface area contributed by atoms with Gasteiger partial charge in [-0.15, -0.1) is 0 Å². The molecular formula is C22H16ClFN4O2. The Morgan fingerprint density at radius 2 is 1.90 bits per heavy atom. The van der Waals surface area contributed by atoms with E-state index in [2.05, 4.69) is 20.6 Å². The topological polar surface area (TPSA) is 76.1 Å². The number of benzene rings is 3. The van der Waals surface area contributed by atoms with Crippen molar-refractivity contribution in [3.8, 4) is 11.6 Å². The molecule has 1 aromatic heterocycles. The Morgan fingerprint density at radius 1 is 1.07 bits per heavy atom. The van der Waals surface area contributed by atoms with Crippen molar-refractivity contribution < 1.29 is 13.9 Å². The summed E-state index contributed by atoms with van der Waals surface area (Å²) in [6, 6.07) is 16.3. The number of halogens is 2. The molecule has 0 saturated carbocycles. The van der Waals surface area contributed by atoms with E-state index in [9.17, 15) is 4.79 Å². The number of amides is 1. The predicted molar refractivity (Wildman–Crippen MR) is 115 cm³/mol. The Morgan fingerprint density at radius 3 is 2.70 bits per heavy atom. The summed E-state index contributed by atoms with van der Waals surface area (Å²) in [4.78, 5) is 20.9. The molecule has 0 radical (unpaired) electrons. The molecule has 4 aromatic rings. The van der Waals surface area contributed by atoms with E-state index >= 15 is 4.39 Å². The molecule has 30 heavy (non-hydrogen) atoms. The fourth-order valence-electron chi connectivity index (χ4n) is 2.97. The van der Waals surface area contributed by atoms with Crippen LogP contribution in [0, 0.1) is 5.82 Å². The zero-order chi connectivity index (χ0) is 21.1. The number of hydrogen-bond acceptors (Lipinski definition) is 5. The predicted octanol–water partition coefficient (Wildman–Crippen LogP) is 5.51. The van der Waals surface area contributed by atoms with Gasteiger partial charge in [-0.3, -0.25) is 4.79 Å². The van der Waals surface area contributed by atoms with Gasteiger partial charge >= 0.3 is 0 Å². The average Bonchev–Trinajstić information content (AvgIpc) is 2.75. The van der Waals surface area contributed by atoms with Crippen molar-refractivity contribution in [2.75, 3.05) is 17.7 Å². The second-order valence-electron chi connectivity index (χ2n) is 6.31. The number of fused-ring (bicyclic) bond motifs is 1. The van der Waals surface area contributed by atoms with Crippen LogP contribution in [0.1, 0.15) is 10.4 Å². The van der Waals surface area contributed by atoms with Crippen LogP contribution < -0.4 is 15.4 Å². The van der Waals surface area contributed by atoms with Crippen molar-refractivity contribution >= 4 is 39.9 Å². The Bertz CT molecular complexity index is 1250. The summed E-state index contributed by atoms with van der Waals surface area (Å²) in [5.41, 5.74) is 0.881. The maximum absolute atomic E-state index is 15.1. The molecule has 0 saturated heterocycles. The Labute approximate surface area is 176 Å². The largest absolute Gasteiger partial charge is 0.436 e. The quantitative estimate of drug-likeness (QED) is 0.443. The van der Waals surface area contributed by atoms with Gasteiger partial charge in [-0.25, -0.2) is 9.37 Å². The van der Waals surface area contributed by atoms with Crippen molar-refractivity contribution in [3.05, 3.63) is 83.3 Å². The number of nitrogens with one attached hydrogen (secondary N) is 2. The fraction of sp³-hybridized carbons (Fsp3) is 0.0455. The molecule has 4 rings (SSSR count). The summed E-state index contributed by atoms with van der Waals surface area (Å²) in [7, 11) is 1.67. The van der Waals surface area contributed by atoms with Gasteiger partial charge in [-0.2, -0.15) is 4.98 Å². The molecule has 0 bridgehead atoms. The van der Waals surface area contributed by atoms with Crippen LogP contribution in [0.4, 0.5) is 16.0 Å². The minimum Gasteiger partial charge on any atom is -0.436 e. The Balaban J connectivity index is 1.67. The molecule has 0 atom stereocenters. The summed E-state index contributed by atoms with van der Waals surface area (Å²) >= 11 is 5.97. The van der Waals surface area contributed by atoms with Gasteiger partial charge < -0.3 is 15.4 Å². The van der Waals surface area contributed by atoms with E-state index < -0.39 is 5.82 Å². The molecule has 0 spiro atoms. The molecule has 0 aliphatic carbocycles. The first-order valence-electron chi connectivity index (χ1n) is 9.02. The molecule has 6 nitrogen and oxygen atoms in total. The first-order chi connectivity index (χ1) is 14.5. The lowest BCUT2D eigenvalue weighted by Gasteiger charge is -2.12. The van der Waals surface area contributed by atoms with Gasteiger partial charge in [0.15, 0.2) is 11.6 Å². The molecule has 0 aliphatic rings. The number of carbonyl (C=O) groups is 1. The highest BCUT2D eigenvalue weighted by molar-refractivity contribution is 6.31. The maximum atomic E-state index is 15.1. The van der Waals surface area contributed by atoms with E-state index in [1.165, 1.54) is 18.3 Å². The smallest absolute Gasteiger partial charge is 0.256 e. The van der Waals surface area contributed by atoms with Crippen LogP contribution >= 0.6 is 11.6 Å². The van der Waals surface area contributed by atoms with Gasteiger partial charge in [-0.1, -0.05) is 29.8 Å². The van der Waals surface area contributed by atoms with E-state index in [4.69, 9.17) is 16.3 Å². The molecular weight excluding hydrogens is 407 g/mol. The number of rotatable bonds is 5. The molecule has 3 aromatic carbocycles. The van der Waals surface area contributed by atoms with Crippen LogP contribution in [-0.4, -0.2) is 22.9 Å². The van der Waals surface area contributed by atoms with E-state index in [-0.39, 0.29) is 22.9 Å². The van der Waals surface area contributed by atoms with E-state index in [1.54, 1.807) is 55.6 Å². The molecule has 8 heteroatoms. The van der Waals surface area contributed by atoms with Crippen LogP contribution in [-0.2, 0) is 0 Å². The number of hydrogen-bond donors (Lipinski definition) is 2. The van der Waals surface area contributed by atoms with E-state index in [1.807, 2.05) is 0 Å². The van der Waals surface area contributed by atoms with Crippen molar-refractivity contribution in [2.45, 2.75) is 0 Å². The lowest BCUT2D eigenvalue weighted by atomic mass is 10.0. The Kier molecular flexibility index (Phi) is 5.45. The molecule has 0 unspecified atom stereocenters. The van der Waals surface area contributed by atoms with Gasteiger partial charge in [0.1, 0.15) is 0 Å². The van der Waals surface area contributed by atoms with Crippen molar-refractivity contribution in [1.29, 1.82) is 0 Å². The van der Waals surface area contributed by atoms with Gasteiger partial charge in [0.05, 0.1) is 0 Å². The zero-order valence-corrected chi connectivity index (χ0v) is 16.6. The highest BCUT2D eigenvalue weighted by Crippen LogP contribution is 2.31. The summed E-state index contributed by atoms with van der Waals surface area (Å²) in [6.07, 6.45) is 1.51. The number of ether oxygens (including phenoxy) is 1. The van der Waals surface area contributed by atoms with Crippen LogP contribution in [0.3, 0.4) is 0 Å². The standard InChI is InChI=1S/C22H16ClFN4O2/c1-25-22-26-11-10-19(28-22)30-18-9-8-15-16(20(18)24)6-3-7-17(15)21(29)27-14-5-2-4-13(23)12-14/h2-12H,1H3,(H,27,29)(H,25,26,28). The van der Waals surface area contributed by atoms with E-state index in [0.717, 1.165) is 0 Å². The van der Waals surface area contributed by atoms with Crippen LogP contribution in [0.5, 0.6) is 11.6 Å². The summed E-state index contributed by atoms with van der Waals surface area (Å²) < 4.78 is 20.7. The van der Waals surface area contributed by atoms with Gasteiger partial charge in [-0.05, 0) is 41.8 Å². The third kappa shape index (κ3) is 4.01. The zero-order valence-electron chi connectivity index (χ0n) is 15.8. The maximum Gasteiger partial charge on any atom is 0.256 e. The number of nitrogens with zero attached hydrogens (tertiary/aromatic N) is 2. The second-order valence-corrected chi connectivity index (χ2v) is 6.75. The Hall–Kier alpha value is -3.71. The number of aromatic nitrogens is 2. The lowest BCUT2D eigenvalue weighted by molar-refractivity contribution is 0.102. The number of anilines is 2. The highest BCUT2D eigenvalue weighted by atomic mass is 35.5.